The van der Waals surface area contributed by atoms with Crippen LogP contribution in [0.4, 0.5) is 0 Å². The average Bonchev–Trinajstić information content (AvgIpc) is 2.51. The molecular weight excluding hydrogens is 310 g/mol. The van der Waals surface area contributed by atoms with Crippen molar-refractivity contribution < 1.29 is 4.79 Å². The molecule has 0 saturated heterocycles. The lowest BCUT2D eigenvalue weighted by Crippen LogP contribution is -2.33. The molecule has 3 rings (SSSR count). The highest BCUT2D eigenvalue weighted by molar-refractivity contribution is 7.99. The first-order chi connectivity index (χ1) is 11.0. The first-order valence-electron chi connectivity index (χ1n) is 7.62. The van der Waals surface area contributed by atoms with E-state index >= 15 is 0 Å². The molecule has 2 heterocycles. The van der Waals surface area contributed by atoms with Gasteiger partial charge in [-0.1, -0.05) is 18.2 Å². The number of nitrogens with zero attached hydrogens (tertiary/aromatic N) is 1. The Morgan fingerprint density at radius 3 is 2.96 bits per heavy atom. The van der Waals surface area contributed by atoms with Crippen LogP contribution in [0.2, 0.25) is 0 Å². The van der Waals surface area contributed by atoms with Gasteiger partial charge >= 0.3 is 0 Å². The summed E-state index contributed by atoms with van der Waals surface area (Å²) in [4.78, 5) is 32.5. The lowest BCUT2D eigenvalue weighted by molar-refractivity contribution is -0.121. The highest BCUT2D eigenvalue weighted by Crippen LogP contribution is 2.35. The van der Waals surface area contributed by atoms with Crippen LogP contribution in [0, 0.1) is 13.8 Å². The molecule has 0 spiro atoms. The number of aryl methyl sites for hydroxylation is 2. The number of H-pyrrole nitrogens is 1. The van der Waals surface area contributed by atoms with E-state index in [-0.39, 0.29) is 23.9 Å². The number of hydrogen-bond donors (Lipinski definition) is 2. The van der Waals surface area contributed by atoms with Crippen molar-refractivity contribution in [3.05, 3.63) is 57.3 Å². The minimum absolute atomic E-state index is 0.0118. The summed E-state index contributed by atoms with van der Waals surface area (Å²) >= 11 is 1.81. The van der Waals surface area contributed by atoms with Crippen molar-refractivity contribution in [2.75, 3.05) is 5.75 Å². The van der Waals surface area contributed by atoms with Gasteiger partial charge in [0.15, 0.2) is 0 Å². The lowest BCUT2D eigenvalue weighted by atomic mass is 10.0. The summed E-state index contributed by atoms with van der Waals surface area (Å²) in [6.07, 6.45) is 0.954. The highest BCUT2D eigenvalue weighted by atomic mass is 32.2. The molecule has 6 heteroatoms. The number of carbonyl (C=O) groups excluding carboxylic acids is 1. The molecule has 1 aromatic heterocycles. The Morgan fingerprint density at radius 2 is 2.17 bits per heavy atom. The number of nitrogens with one attached hydrogen (secondary N) is 2. The molecule has 0 saturated carbocycles. The molecule has 1 aliphatic heterocycles. The van der Waals surface area contributed by atoms with Gasteiger partial charge in [-0.15, -0.1) is 11.8 Å². The molecular formula is C17H19N3O2S. The summed E-state index contributed by atoms with van der Waals surface area (Å²) in [5.41, 5.74) is 1.97. The molecule has 23 heavy (non-hydrogen) atoms. The molecule has 1 aromatic carbocycles. The first-order valence-corrected chi connectivity index (χ1v) is 8.60. The topological polar surface area (TPSA) is 74.8 Å². The van der Waals surface area contributed by atoms with Gasteiger partial charge in [-0.25, -0.2) is 4.98 Å². The monoisotopic (exact) mass is 329 g/mol. The van der Waals surface area contributed by atoms with Crippen molar-refractivity contribution in [1.29, 1.82) is 0 Å². The van der Waals surface area contributed by atoms with Crippen molar-refractivity contribution in [1.82, 2.24) is 15.3 Å². The van der Waals surface area contributed by atoms with Crippen LogP contribution in [-0.2, 0) is 11.2 Å². The second-order valence-electron chi connectivity index (χ2n) is 5.69. The van der Waals surface area contributed by atoms with Crippen molar-refractivity contribution >= 4 is 17.7 Å². The predicted octanol–water partition coefficient (Wildman–Crippen LogP) is 2.28. The molecule has 1 unspecified atom stereocenters. The summed E-state index contributed by atoms with van der Waals surface area (Å²) in [5.74, 6) is 1.40. The van der Waals surface area contributed by atoms with Crippen molar-refractivity contribution in [2.24, 2.45) is 0 Å². The Labute approximate surface area is 138 Å². The van der Waals surface area contributed by atoms with Gasteiger partial charge < -0.3 is 10.3 Å². The first kappa shape index (κ1) is 15.8. The average molecular weight is 329 g/mol. The van der Waals surface area contributed by atoms with Gasteiger partial charge in [-0.3, -0.25) is 9.59 Å². The molecule has 0 bridgehead atoms. The van der Waals surface area contributed by atoms with Crippen LogP contribution in [0.3, 0.4) is 0 Å². The number of aromatic nitrogens is 2. The van der Waals surface area contributed by atoms with E-state index < -0.39 is 0 Å². The van der Waals surface area contributed by atoms with E-state index in [1.54, 1.807) is 13.8 Å². The molecule has 1 amide bonds. The maximum atomic E-state index is 12.4. The molecule has 0 radical (unpaired) electrons. The fourth-order valence-electron chi connectivity index (χ4n) is 2.86. The molecule has 5 nitrogen and oxygen atoms in total. The maximum Gasteiger partial charge on any atom is 0.254 e. The number of benzene rings is 1. The Balaban J connectivity index is 1.75. The van der Waals surface area contributed by atoms with Crippen LogP contribution in [0.5, 0.6) is 0 Å². The third-order valence-corrected chi connectivity index (χ3v) is 5.09. The zero-order valence-corrected chi connectivity index (χ0v) is 14.0. The van der Waals surface area contributed by atoms with Crippen LogP contribution in [-0.4, -0.2) is 21.6 Å². The lowest BCUT2D eigenvalue weighted by Gasteiger charge is -2.25. The fraction of sp³-hybridized carbons (Fsp3) is 0.353. The summed E-state index contributed by atoms with van der Waals surface area (Å²) < 4.78 is 0. The zero-order chi connectivity index (χ0) is 16.4. The van der Waals surface area contributed by atoms with Crippen molar-refractivity contribution in [3.63, 3.8) is 0 Å². The van der Waals surface area contributed by atoms with Crippen LogP contribution in [0.15, 0.2) is 34.0 Å². The largest absolute Gasteiger partial charge is 0.349 e. The van der Waals surface area contributed by atoms with Gasteiger partial charge in [0, 0.05) is 21.9 Å². The third kappa shape index (κ3) is 3.47. The third-order valence-electron chi connectivity index (χ3n) is 3.97. The number of carbonyl (C=O) groups is 1. The fourth-order valence-corrected chi connectivity index (χ4v) is 3.98. The Hall–Kier alpha value is -2.08. The molecule has 0 aliphatic carbocycles. The maximum absolute atomic E-state index is 12.4. The number of rotatable bonds is 3. The SMILES string of the molecule is Cc1nc(C)c(CC(=O)NC2CCSc3ccccc32)c(=O)[nH]1. The van der Waals surface area contributed by atoms with Gasteiger partial charge in [0.1, 0.15) is 5.82 Å². The Morgan fingerprint density at radius 1 is 1.39 bits per heavy atom. The second kappa shape index (κ2) is 6.58. The zero-order valence-electron chi connectivity index (χ0n) is 13.2. The number of amides is 1. The van der Waals surface area contributed by atoms with E-state index in [4.69, 9.17) is 0 Å². The molecule has 0 fully saturated rings. The highest BCUT2D eigenvalue weighted by Gasteiger charge is 2.22. The van der Waals surface area contributed by atoms with Gasteiger partial charge in [0.05, 0.1) is 12.5 Å². The van der Waals surface area contributed by atoms with Gasteiger partial charge in [-0.2, -0.15) is 0 Å². The summed E-state index contributed by atoms with van der Waals surface area (Å²) in [6, 6.07) is 8.15. The summed E-state index contributed by atoms with van der Waals surface area (Å²) in [5, 5.41) is 3.06. The minimum atomic E-state index is -0.232. The molecule has 1 atom stereocenters. The summed E-state index contributed by atoms with van der Waals surface area (Å²) in [6.45, 7) is 3.49. The smallest absolute Gasteiger partial charge is 0.254 e. The number of aromatic amines is 1. The second-order valence-corrected chi connectivity index (χ2v) is 6.82. The van der Waals surface area contributed by atoms with Crippen molar-refractivity contribution in [3.8, 4) is 0 Å². The molecule has 120 valence electrons. The molecule has 2 N–H and O–H groups in total. The van der Waals surface area contributed by atoms with Gasteiger partial charge in [0.2, 0.25) is 5.91 Å². The summed E-state index contributed by atoms with van der Waals surface area (Å²) in [7, 11) is 0. The van der Waals surface area contributed by atoms with E-state index in [0.717, 1.165) is 17.7 Å². The van der Waals surface area contributed by atoms with Crippen LogP contribution < -0.4 is 10.9 Å². The predicted molar refractivity (Wildman–Crippen MR) is 90.7 cm³/mol. The van der Waals surface area contributed by atoms with E-state index in [9.17, 15) is 9.59 Å². The van der Waals surface area contributed by atoms with Crippen molar-refractivity contribution in [2.45, 2.75) is 37.6 Å². The van der Waals surface area contributed by atoms with E-state index in [1.807, 2.05) is 23.9 Å². The molecule has 2 aromatic rings. The van der Waals surface area contributed by atoms with Gasteiger partial charge in [0.25, 0.3) is 5.56 Å². The van der Waals surface area contributed by atoms with E-state index in [0.29, 0.717) is 17.1 Å². The van der Waals surface area contributed by atoms with Gasteiger partial charge in [-0.05, 0) is 31.9 Å². The van der Waals surface area contributed by atoms with Crippen LogP contribution in [0.25, 0.3) is 0 Å². The van der Waals surface area contributed by atoms with Crippen LogP contribution in [0.1, 0.15) is 35.1 Å². The Kier molecular flexibility index (Phi) is 4.52. The minimum Gasteiger partial charge on any atom is -0.349 e. The standard InChI is InChI=1S/C17H19N3O2S/c1-10-13(17(22)19-11(2)18-10)9-16(21)20-14-7-8-23-15-6-4-3-5-12(14)15/h3-6,14H,7-9H2,1-2H3,(H,20,21)(H,18,19,22). The van der Waals surface area contributed by atoms with E-state index in [1.165, 1.54) is 4.90 Å². The number of hydrogen-bond acceptors (Lipinski definition) is 4. The molecule has 1 aliphatic rings. The number of fused-ring (bicyclic) bond motifs is 1. The quantitative estimate of drug-likeness (QED) is 0.906. The normalized spacial score (nSPS) is 16.7. The van der Waals surface area contributed by atoms with E-state index in [2.05, 4.69) is 27.4 Å². The Bertz CT molecular complexity index is 801. The van der Waals surface area contributed by atoms with Crippen LogP contribution >= 0.6 is 11.8 Å². The number of thioether (sulfide) groups is 1.